The summed E-state index contributed by atoms with van der Waals surface area (Å²) in [6.07, 6.45) is 4.85. The molecule has 1 amide bonds. The van der Waals surface area contributed by atoms with Gasteiger partial charge < -0.3 is 4.90 Å². The van der Waals surface area contributed by atoms with E-state index in [-0.39, 0.29) is 23.9 Å². The molecule has 1 aromatic carbocycles. The van der Waals surface area contributed by atoms with Gasteiger partial charge in [-0.25, -0.2) is 4.39 Å². The van der Waals surface area contributed by atoms with E-state index in [1.165, 1.54) is 37.8 Å². The highest BCUT2D eigenvalue weighted by Crippen LogP contribution is 2.34. The topological polar surface area (TPSA) is 32.3 Å². The summed E-state index contributed by atoms with van der Waals surface area (Å²) in [4.78, 5) is 14.2. The number of amides is 1. The quantitative estimate of drug-likeness (QED) is 0.920. The van der Waals surface area contributed by atoms with Crippen LogP contribution in [-0.4, -0.2) is 23.4 Å². The predicted molar refractivity (Wildman–Crippen MR) is 75.4 cm³/mol. The van der Waals surface area contributed by atoms with Crippen molar-refractivity contribution in [2.24, 2.45) is 5.92 Å². The van der Waals surface area contributed by atoms with Crippen LogP contribution in [0.15, 0.2) is 24.3 Å². The minimum atomic E-state index is -0.242. The van der Waals surface area contributed by atoms with E-state index in [1.54, 1.807) is 12.1 Å². The molecule has 1 heterocycles. The summed E-state index contributed by atoms with van der Waals surface area (Å²) in [6.45, 7) is 2.52. The fourth-order valence-corrected chi connectivity index (χ4v) is 3.57. The summed E-state index contributed by atoms with van der Waals surface area (Å²) >= 11 is 0. The molecule has 2 unspecified atom stereocenters. The molecule has 2 aliphatic rings. The van der Waals surface area contributed by atoms with E-state index in [0.29, 0.717) is 12.5 Å². The summed E-state index contributed by atoms with van der Waals surface area (Å²) in [5.74, 6) is 0.508. The first kappa shape index (κ1) is 13.6. The molecule has 1 aromatic rings. The molecule has 3 rings (SSSR count). The van der Waals surface area contributed by atoms with Crippen molar-refractivity contribution in [3.8, 4) is 0 Å². The van der Waals surface area contributed by atoms with E-state index in [4.69, 9.17) is 0 Å². The van der Waals surface area contributed by atoms with Gasteiger partial charge in [-0.3, -0.25) is 10.1 Å². The molecule has 1 saturated heterocycles. The maximum Gasteiger partial charge on any atom is 0.238 e. The summed E-state index contributed by atoms with van der Waals surface area (Å²) in [7, 11) is 0. The highest BCUT2D eigenvalue weighted by atomic mass is 19.1. The number of carbonyl (C=O) groups is 1. The van der Waals surface area contributed by atoms with Gasteiger partial charge in [-0.2, -0.15) is 0 Å². The van der Waals surface area contributed by atoms with Crippen LogP contribution in [0.1, 0.15) is 44.3 Å². The van der Waals surface area contributed by atoms with Crippen LogP contribution in [0.3, 0.4) is 0 Å². The van der Waals surface area contributed by atoms with Gasteiger partial charge >= 0.3 is 0 Å². The van der Waals surface area contributed by atoms with Crippen molar-refractivity contribution >= 4 is 5.91 Å². The van der Waals surface area contributed by atoms with Gasteiger partial charge in [0.1, 0.15) is 12.0 Å². The average Bonchev–Trinajstić information content (AvgIpc) is 3.08. The Morgan fingerprint density at radius 2 is 1.90 bits per heavy atom. The van der Waals surface area contributed by atoms with Crippen molar-refractivity contribution in [3.05, 3.63) is 35.6 Å². The molecule has 2 atom stereocenters. The maximum atomic E-state index is 13.1. The van der Waals surface area contributed by atoms with Crippen LogP contribution >= 0.6 is 0 Å². The van der Waals surface area contributed by atoms with Crippen LogP contribution < -0.4 is 5.32 Å². The Balaban J connectivity index is 1.82. The van der Waals surface area contributed by atoms with Crippen LogP contribution in [0, 0.1) is 11.7 Å². The van der Waals surface area contributed by atoms with Crippen molar-refractivity contribution in [2.45, 2.75) is 44.8 Å². The Bertz CT molecular complexity index is 482. The van der Waals surface area contributed by atoms with Gasteiger partial charge in [0, 0.05) is 6.04 Å². The molecule has 3 nitrogen and oxygen atoms in total. The lowest BCUT2D eigenvalue weighted by atomic mass is 9.97. The van der Waals surface area contributed by atoms with Crippen LogP contribution in [0.25, 0.3) is 0 Å². The Morgan fingerprint density at radius 3 is 2.55 bits per heavy atom. The number of rotatable bonds is 3. The third kappa shape index (κ3) is 2.44. The lowest BCUT2D eigenvalue weighted by Crippen LogP contribution is -2.41. The first-order chi connectivity index (χ1) is 9.66. The van der Waals surface area contributed by atoms with Gasteiger partial charge in [0.15, 0.2) is 0 Å². The van der Waals surface area contributed by atoms with Gasteiger partial charge in [0.05, 0.1) is 6.54 Å². The molecule has 0 bridgehead atoms. The van der Waals surface area contributed by atoms with Crippen molar-refractivity contribution in [2.75, 3.05) is 6.54 Å². The Morgan fingerprint density at radius 1 is 1.25 bits per heavy atom. The fraction of sp³-hybridized carbons (Fsp3) is 0.562. The number of halogens is 1. The second kappa shape index (κ2) is 5.52. The highest BCUT2D eigenvalue weighted by Gasteiger charge is 2.38. The smallest absolute Gasteiger partial charge is 0.238 e. The van der Waals surface area contributed by atoms with Gasteiger partial charge in [0.2, 0.25) is 5.91 Å². The Hall–Kier alpha value is -1.42. The van der Waals surface area contributed by atoms with E-state index in [2.05, 4.69) is 12.2 Å². The molecule has 20 heavy (non-hydrogen) atoms. The van der Waals surface area contributed by atoms with Gasteiger partial charge in [0.25, 0.3) is 0 Å². The van der Waals surface area contributed by atoms with E-state index in [1.807, 2.05) is 4.90 Å². The third-order valence-corrected chi connectivity index (χ3v) is 4.72. The highest BCUT2D eigenvalue weighted by molar-refractivity contribution is 5.81. The molecular weight excluding hydrogens is 255 g/mol. The van der Waals surface area contributed by atoms with E-state index in [0.717, 1.165) is 5.56 Å². The largest absolute Gasteiger partial charge is 0.319 e. The van der Waals surface area contributed by atoms with Crippen molar-refractivity contribution < 1.29 is 9.18 Å². The third-order valence-electron chi connectivity index (χ3n) is 4.72. The van der Waals surface area contributed by atoms with Crippen LogP contribution in [0.4, 0.5) is 4.39 Å². The molecule has 0 aromatic heterocycles. The first-order valence-electron chi connectivity index (χ1n) is 7.47. The lowest BCUT2D eigenvalue weighted by Gasteiger charge is -2.34. The number of carbonyl (C=O) groups excluding carboxylic acids is 1. The number of nitrogens with zero attached hydrogens (tertiary/aromatic N) is 1. The number of hydrogen-bond acceptors (Lipinski definition) is 2. The van der Waals surface area contributed by atoms with Crippen molar-refractivity contribution in [1.29, 1.82) is 0 Å². The molecule has 0 spiro atoms. The SMILES string of the molecule is CC(C1CCCC1)N1C(=O)CNC1c1ccc(F)cc1. The van der Waals surface area contributed by atoms with Gasteiger partial charge in [-0.1, -0.05) is 25.0 Å². The zero-order valence-corrected chi connectivity index (χ0v) is 11.8. The van der Waals surface area contributed by atoms with E-state index >= 15 is 0 Å². The summed E-state index contributed by atoms with van der Waals surface area (Å²) in [5, 5.41) is 3.25. The van der Waals surface area contributed by atoms with E-state index < -0.39 is 0 Å². The normalized spacial score (nSPS) is 25.4. The summed E-state index contributed by atoms with van der Waals surface area (Å²) < 4.78 is 13.1. The van der Waals surface area contributed by atoms with Crippen LogP contribution in [-0.2, 0) is 4.79 Å². The average molecular weight is 276 g/mol. The predicted octanol–water partition coefficient (Wildman–Crippen LogP) is 2.83. The fourth-order valence-electron chi connectivity index (χ4n) is 3.57. The Kier molecular flexibility index (Phi) is 3.74. The van der Waals surface area contributed by atoms with E-state index in [9.17, 15) is 9.18 Å². The molecule has 1 aliphatic heterocycles. The maximum absolute atomic E-state index is 13.1. The molecule has 4 heteroatoms. The minimum absolute atomic E-state index is 0.112. The molecule has 0 radical (unpaired) electrons. The van der Waals surface area contributed by atoms with Gasteiger partial charge in [-0.15, -0.1) is 0 Å². The van der Waals surface area contributed by atoms with Gasteiger partial charge in [-0.05, 0) is 43.4 Å². The molecule has 1 aliphatic carbocycles. The zero-order valence-electron chi connectivity index (χ0n) is 11.8. The number of benzene rings is 1. The summed E-state index contributed by atoms with van der Waals surface area (Å²) in [5.41, 5.74) is 0.960. The second-order valence-electron chi connectivity index (χ2n) is 5.92. The molecule has 1 saturated carbocycles. The molecule has 2 fully saturated rings. The van der Waals surface area contributed by atoms with Crippen molar-refractivity contribution in [3.63, 3.8) is 0 Å². The summed E-state index contributed by atoms with van der Waals surface area (Å²) in [6, 6.07) is 6.69. The zero-order chi connectivity index (χ0) is 14.1. The monoisotopic (exact) mass is 276 g/mol. The second-order valence-corrected chi connectivity index (χ2v) is 5.92. The number of hydrogen-bond donors (Lipinski definition) is 1. The molecular formula is C16H21FN2O. The molecule has 108 valence electrons. The Labute approximate surface area is 119 Å². The van der Waals surface area contributed by atoms with Crippen LogP contribution in [0.5, 0.6) is 0 Å². The molecule has 1 N–H and O–H groups in total. The van der Waals surface area contributed by atoms with Crippen LogP contribution in [0.2, 0.25) is 0 Å². The lowest BCUT2D eigenvalue weighted by molar-refractivity contribution is -0.131. The minimum Gasteiger partial charge on any atom is -0.319 e. The van der Waals surface area contributed by atoms with Crippen molar-refractivity contribution in [1.82, 2.24) is 10.2 Å². The first-order valence-corrected chi connectivity index (χ1v) is 7.47. The standard InChI is InChI=1S/C16H21FN2O/c1-11(12-4-2-3-5-12)19-15(20)10-18-16(19)13-6-8-14(17)9-7-13/h6-9,11-12,16,18H,2-5,10H2,1H3. The number of nitrogens with one attached hydrogen (secondary N) is 1.